The molecule has 8 heteroatoms. The number of halogens is 4. The second-order valence-electron chi connectivity index (χ2n) is 9.25. The van der Waals surface area contributed by atoms with Crippen LogP contribution in [0, 0.1) is 0 Å². The lowest BCUT2D eigenvalue weighted by Crippen LogP contribution is -2.49. The van der Waals surface area contributed by atoms with Gasteiger partial charge in [0.2, 0.25) is 5.91 Å². The molecule has 188 valence electrons. The van der Waals surface area contributed by atoms with E-state index in [1.807, 2.05) is 30.3 Å². The standard InChI is InChI=1S/C29H22Cl4N2O2/c30-23-8-6-18(14-25(23)32)12-20-16-35(28(37)29(10-11-29)34-22-4-2-1-3-5-22)17-21(27(20)36)13-19-7-9-24(31)26(33)15-19/h1-9,12-15,34H,10-11,16-17H2/b20-12+,21-13+. The average molecular weight is 572 g/mol. The third kappa shape index (κ3) is 5.73. The predicted molar refractivity (Wildman–Crippen MR) is 152 cm³/mol. The van der Waals surface area contributed by atoms with Crippen LogP contribution in [-0.4, -0.2) is 35.2 Å². The highest BCUT2D eigenvalue weighted by atomic mass is 35.5. The monoisotopic (exact) mass is 570 g/mol. The highest BCUT2D eigenvalue weighted by Gasteiger charge is 2.52. The maximum Gasteiger partial charge on any atom is 0.248 e. The Morgan fingerprint density at radius 3 is 1.73 bits per heavy atom. The number of likely N-dealkylation sites (tertiary alicyclic amines) is 1. The minimum atomic E-state index is -0.675. The molecule has 2 fully saturated rings. The minimum Gasteiger partial charge on any atom is -0.371 e. The Morgan fingerprint density at radius 2 is 1.27 bits per heavy atom. The van der Waals surface area contributed by atoms with Crippen molar-refractivity contribution in [1.82, 2.24) is 4.90 Å². The summed E-state index contributed by atoms with van der Waals surface area (Å²) in [4.78, 5) is 29.1. The fourth-order valence-corrected chi connectivity index (χ4v) is 5.02. The van der Waals surface area contributed by atoms with Crippen molar-refractivity contribution < 1.29 is 9.59 Å². The molecule has 2 aliphatic rings. The van der Waals surface area contributed by atoms with E-state index in [9.17, 15) is 9.59 Å². The van der Waals surface area contributed by atoms with Gasteiger partial charge in [0.25, 0.3) is 0 Å². The van der Waals surface area contributed by atoms with Crippen molar-refractivity contribution >= 4 is 75.9 Å². The molecule has 0 aromatic heterocycles. The molecule has 0 radical (unpaired) electrons. The highest BCUT2D eigenvalue weighted by Crippen LogP contribution is 2.42. The van der Waals surface area contributed by atoms with Gasteiger partial charge in [0, 0.05) is 29.9 Å². The van der Waals surface area contributed by atoms with Gasteiger partial charge in [-0.25, -0.2) is 0 Å². The lowest BCUT2D eigenvalue weighted by molar-refractivity contribution is -0.133. The number of anilines is 1. The zero-order chi connectivity index (χ0) is 26.2. The summed E-state index contributed by atoms with van der Waals surface area (Å²) in [5.41, 5.74) is 2.64. The number of para-hydroxylation sites is 1. The van der Waals surface area contributed by atoms with E-state index >= 15 is 0 Å². The largest absolute Gasteiger partial charge is 0.371 e. The first-order valence-corrected chi connectivity index (χ1v) is 13.2. The van der Waals surface area contributed by atoms with Gasteiger partial charge in [0.15, 0.2) is 5.78 Å². The number of benzene rings is 3. The molecule has 4 nitrogen and oxygen atoms in total. The third-order valence-electron chi connectivity index (χ3n) is 6.48. The fourth-order valence-electron chi connectivity index (χ4n) is 4.41. The Balaban J connectivity index is 1.50. The van der Waals surface area contributed by atoms with Crippen molar-refractivity contribution in [3.8, 4) is 0 Å². The van der Waals surface area contributed by atoms with E-state index < -0.39 is 5.54 Å². The van der Waals surface area contributed by atoms with E-state index in [2.05, 4.69) is 5.32 Å². The Labute approximate surface area is 235 Å². The molecule has 37 heavy (non-hydrogen) atoms. The van der Waals surface area contributed by atoms with Crippen LogP contribution >= 0.6 is 46.4 Å². The van der Waals surface area contributed by atoms with Gasteiger partial charge in [-0.1, -0.05) is 76.7 Å². The van der Waals surface area contributed by atoms with Crippen molar-refractivity contribution in [2.75, 3.05) is 18.4 Å². The lowest BCUT2D eigenvalue weighted by atomic mass is 9.93. The molecule has 0 bridgehead atoms. The number of nitrogens with one attached hydrogen (secondary N) is 1. The molecule has 1 heterocycles. The van der Waals surface area contributed by atoms with E-state index in [1.165, 1.54) is 0 Å². The number of carbonyl (C=O) groups excluding carboxylic acids is 2. The van der Waals surface area contributed by atoms with Crippen LogP contribution in [0.3, 0.4) is 0 Å². The van der Waals surface area contributed by atoms with Gasteiger partial charge in [-0.15, -0.1) is 0 Å². The normalized spacial score (nSPS) is 18.8. The fraction of sp³-hybridized carbons (Fsp3) is 0.172. The summed E-state index contributed by atoms with van der Waals surface area (Å²) in [5.74, 6) is -0.175. The van der Waals surface area contributed by atoms with Crippen LogP contribution in [0.4, 0.5) is 5.69 Å². The van der Waals surface area contributed by atoms with Crippen molar-refractivity contribution in [2.45, 2.75) is 18.4 Å². The predicted octanol–water partition coefficient (Wildman–Crippen LogP) is 7.82. The molecule has 5 rings (SSSR count). The third-order valence-corrected chi connectivity index (χ3v) is 7.96. The van der Waals surface area contributed by atoms with E-state index in [4.69, 9.17) is 46.4 Å². The Kier molecular flexibility index (Phi) is 7.37. The van der Waals surface area contributed by atoms with Crippen molar-refractivity contribution in [3.63, 3.8) is 0 Å². The van der Waals surface area contributed by atoms with Crippen molar-refractivity contribution in [1.29, 1.82) is 0 Å². The second-order valence-corrected chi connectivity index (χ2v) is 10.9. The molecule has 0 atom stereocenters. The maximum absolute atomic E-state index is 13.8. The molecule has 0 unspecified atom stereocenters. The second kappa shape index (κ2) is 10.5. The van der Waals surface area contributed by atoms with Gasteiger partial charge in [0.1, 0.15) is 5.54 Å². The summed E-state index contributed by atoms with van der Waals surface area (Å²) < 4.78 is 0. The number of rotatable bonds is 5. The molecule has 3 aromatic rings. The zero-order valence-corrected chi connectivity index (χ0v) is 22.6. The number of hydrogen-bond donors (Lipinski definition) is 1. The molecule has 1 aliphatic carbocycles. The number of piperidine rings is 1. The number of carbonyl (C=O) groups is 2. The molecule has 3 aromatic carbocycles. The van der Waals surface area contributed by atoms with Crippen LogP contribution in [0.2, 0.25) is 20.1 Å². The van der Waals surface area contributed by atoms with Crippen molar-refractivity contribution in [3.05, 3.63) is 109 Å². The van der Waals surface area contributed by atoms with Gasteiger partial charge in [-0.05, 0) is 72.5 Å². The molecule has 1 saturated heterocycles. The van der Waals surface area contributed by atoms with E-state index in [0.29, 0.717) is 31.2 Å². The smallest absolute Gasteiger partial charge is 0.248 e. The van der Waals surface area contributed by atoms with E-state index in [0.717, 1.165) is 29.7 Å². The Bertz CT molecular complexity index is 1370. The van der Waals surface area contributed by atoms with Crippen LogP contribution in [0.1, 0.15) is 24.0 Å². The minimum absolute atomic E-state index is 0.0380. The number of ketones is 1. The SMILES string of the molecule is O=C1/C(=C/c2ccc(Cl)c(Cl)c2)CN(C(=O)C2(Nc3ccccc3)CC2)C/C1=C\c1ccc(Cl)c(Cl)c1. The molecular weight excluding hydrogens is 550 g/mol. The summed E-state index contributed by atoms with van der Waals surface area (Å²) in [5, 5.41) is 5.06. The van der Waals surface area contributed by atoms with Crippen LogP contribution in [0.5, 0.6) is 0 Å². The zero-order valence-electron chi connectivity index (χ0n) is 19.6. The van der Waals surface area contributed by atoms with Gasteiger partial charge in [-0.3, -0.25) is 9.59 Å². The summed E-state index contributed by atoms with van der Waals surface area (Å²) in [6.45, 7) is 0.379. The summed E-state index contributed by atoms with van der Waals surface area (Å²) in [6, 6.07) is 20.0. The first-order chi connectivity index (χ1) is 17.7. The molecule has 1 N–H and O–H groups in total. The van der Waals surface area contributed by atoms with E-state index in [1.54, 1.807) is 53.5 Å². The first kappa shape index (κ1) is 25.9. The van der Waals surface area contributed by atoms with Crippen LogP contribution in [-0.2, 0) is 9.59 Å². The summed E-state index contributed by atoms with van der Waals surface area (Å²) in [6.07, 6.45) is 4.97. The topological polar surface area (TPSA) is 49.4 Å². The average Bonchev–Trinajstić information content (AvgIpc) is 3.66. The Hall–Kier alpha value is -2.76. The molecule has 1 saturated carbocycles. The molecule has 1 aliphatic heterocycles. The van der Waals surface area contributed by atoms with Gasteiger partial charge in [-0.2, -0.15) is 0 Å². The number of amides is 1. The molecule has 0 spiro atoms. The Morgan fingerprint density at radius 1 is 0.757 bits per heavy atom. The number of nitrogens with zero attached hydrogens (tertiary/aromatic N) is 1. The van der Waals surface area contributed by atoms with Gasteiger partial charge >= 0.3 is 0 Å². The van der Waals surface area contributed by atoms with Crippen LogP contribution in [0.15, 0.2) is 77.9 Å². The number of Topliss-reactive ketones (excluding diaryl/α,β-unsaturated/α-hetero) is 1. The van der Waals surface area contributed by atoms with Crippen LogP contribution < -0.4 is 5.32 Å². The number of hydrogen-bond acceptors (Lipinski definition) is 3. The first-order valence-electron chi connectivity index (χ1n) is 11.7. The summed E-state index contributed by atoms with van der Waals surface area (Å²) in [7, 11) is 0. The lowest BCUT2D eigenvalue weighted by Gasteiger charge is -2.33. The molecule has 1 amide bonds. The van der Waals surface area contributed by atoms with Gasteiger partial charge < -0.3 is 10.2 Å². The quantitative estimate of drug-likeness (QED) is 0.317. The highest BCUT2D eigenvalue weighted by molar-refractivity contribution is 6.42. The summed E-state index contributed by atoms with van der Waals surface area (Å²) >= 11 is 24.5. The maximum atomic E-state index is 13.8. The van der Waals surface area contributed by atoms with E-state index in [-0.39, 0.29) is 24.8 Å². The van der Waals surface area contributed by atoms with Crippen LogP contribution in [0.25, 0.3) is 12.2 Å². The van der Waals surface area contributed by atoms with Gasteiger partial charge in [0.05, 0.1) is 20.1 Å². The van der Waals surface area contributed by atoms with Crippen molar-refractivity contribution in [2.24, 2.45) is 0 Å². The molecular formula is C29H22Cl4N2O2.